The van der Waals surface area contributed by atoms with Crippen LogP contribution >= 0.6 is 11.3 Å². The third-order valence-corrected chi connectivity index (χ3v) is 13.1. The molecule has 0 bridgehead atoms. The number of hydrogen-bond acceptors (Lipinski definition) is 2. The van der Waals surface area contributed by atoms with Gasteiger partial charge in [0.1, 0.15) is 0 Å². The Morgan fingerprint density at radius 1 is 0.364 bits per heavy atom. The molecule has 10 aromatic rings. The van der Waals surface area contributed by atoms with Gasteiger partial charge in [-0.25, -0.2) is 0 Å². The first-order valence-electron chi connectivity index (χ1n) is 19.1. The maximum absolute atomic E-state index is 2.44. The van der Waals surface area contributed by atoms with Crippen LogP contribution in [0.2, 0.25) is 0 Å². The SMILES string of the molecule is CC1(C)c2ccccc2-c2ccc(N(c3ccc(-c4ccc5ccccc5c4)cc3)c3cccc(-c4cccc5c4sc4c6ccccc6ccc54)c3)cc21. The van der Waals surface area contributed by atoms with Crippen molar-refractivity contribution < 1.29 is 0 Å². The van der Waals surface area contributed by atoms with Gasteiger partial charge in [-0.05, 0) is 109 Å². The average Bonchev–Trinajstić information content (AvgIpc) is 3.73. The quantitative estimate of drug-likeness (QED) is 0.171. The van der Waals surface area contributed by atoms with Crippen molar-refractivity contribution >= 4 is 70.1 Å². The molecule has 0 radical (unpaired) electrons. The molecule has 0 fully saturated rings. The average molecular weight is 720 g/mol. The van der Waals surface area contributed by atoms with Crippen molar-refractivity contribution in [3.8, 4) is 33.4 Å². The molecule has 0 spiro atoms. The highest BCUT2D eigenvalue weighted by molar-refractivity contribution is 7.27. The maximum Gasteiger partial charge on any atom is 0.0467 e. The van der Waals surface area contributed by atoms with Crippen LogP contribution in [0.4, 0.5) is 17.1 Å². The Morgan fingerprint density at radius 3 is 1.89 bits per heavy atom. The van der Waals surface area contributed by atoms with Gasteiger partial charge in [0.15, 0.2) is 0 Å². The van der Waals surface area contributed by atoms with E-state index in [0.717, 1.165) is 17.1 Å². The minimum Gasteiger partial charge on any atom is -0.310 e. The van der Waals surface area contributed by atoms with E-state index in [-0.39, 0.29) is 5.41 Å². The molecule has 11 rings (SSSR count). The van der Waals surface area contributed by atoms with E-state index in [1.54, 1.807) is 0 Å². The number of nitrogens with zero attached hydrogens (tertiary/aromatic N) is 1. The fraction of sp³-hybridized carbons (Fsp3) is 0.0566. The lowest BCUT2D eigenvalue weighted by Crippen LogP contribution is -2.16. The molecule has 9 aromatic carbocycles. The number of hydrogen-bond donors (Lipinski definition) is 0. The second-order valence-electron chi connectivity index (χ2n) is 15.3. The van der Waals surface area contributed by atoms with E-state index in [9.17, 15) is 0 Å². The smallest absolute Gasteiger partial charge is 0.0467 e. The highest BCUT2D eigenvalue weighted by Crippen LogP contribution is 2.51. The van der Waals surface area contributed by atoms with Crippen molar-refractivity contribution in [2.45, 2.75) is 19.3 Å². The second kappa shape index (κ2) is 12.3. The summed E-state index contributed by atoms with van der Waals surface area (Å²) in [6.07, 6.45) is 0. The maximum atomic E-state index is 2.44. The van der Waals surface area contributed by atoms with Crippen molar-refractivity contribution in [2.24, 2.45) is 0 Å². The van der Waals surface area contributed by atoms with Gasteiger partial charge in [0.05, 0.1) is 0 Å². The fourth-order valence-electron chi connectivity index (χ4n) is 9.02. The molecule has 0 saturated heterocycles. The Morgan fingerprint density at radius 2 is 1.00 bits per heavy atom. The number of rotatable bonds is 5. The number of anilines is 3. The van der Waals surface area contributed by atoms with E-state index in [4.69, 9.17) is 0 Å². The minimum absolute atomic E-state index is 0.101. The number of benzene rings is 9. The van der Waals surface area contributed by atoms with Crippen LogP contribution in [0.3, 0.4) is 0 Å². The Hall–Kier alpha value is -6.48. The topological polar surface area (TPSA) is 3.24 Å². The van der Waals surface area contributed by atoms with E-state index >= 15 is 0 Å². The molecule has 1 aliphatic carbocycles. The Balaban J connectivity index is 1.07. The van der Waals surface area contributed by atoms with Gasteiger partial charge < -0.3 is 4.90 Å². The molecule has 1 heterocycles. The molecule has 2 heteroatoms. The highest BCUT2D eigenvalue weighted by atomic mass is 32.1. The monoisotopic (exact) mass is 719 g/mol. The van der Waals surface area contributed by atoms with Crippen LogP contribution in [0, 0.1) is 0 Å². The Kier molecular flexibility index (Phi) is 7.14. The summed E-state index contributed by atoms with van der Waals surface area (Å²) in [5.41, 5.74) is 13.6. The van der Waals surface area contributed by atoms with Gasteiger partial charge in [-0.15, -0.1) is 11.3 Å². The summed E-state index contributed by atoms with van der Waals surface area (Å²) in [7, 11) is 0. The zero-order chi connectivity index (χ0) is 36.7. The van der Waals surface area contributed by atoms with E-state index in [1.807, 2.05) is 11.3 Å². The number of fused-ring (bicyclic) bond motifs is 9. The van der Waals surface area contributed by atoms with Gasteiger partial charge in [0.2, 0.25) is 0 Å². The minimum atomic E-state index is -0.101. The van der Waals surface area contributed by atoms with Crippen LogP contribution in [-0.2, 0) is 5.41 Å². The zero-order valence-corrected chi connectivity index (χ0v) is 31.6. The molecule has 0 N–H and O–H groups in total. The summed E-state index contributed by atoms with van der Waals surface area (Å²) in [6.45, 7) is 4.72. The second-order valence-corrected chi connectivity index (χ2v) is 16.4. The fourth-order valence-corrected chi connectivity index (χ4v) is 10.4. The summed E-state index contributed by atoms with van der Waals surface area (Å²) in [6, 6.07) is 69.6. The van der Waals surface area contributed by atoms with Crippen LogP contribution in [0.25, 0.3) is 75.1 Å². The Labute approximate surface area is 325 Å². The number of thiophene rings is 1. The largest absolute Gasteiger partial charge is 0.310 e. The standard InChI is InChI=1S/C53H37NS/c1-53(2)49-20-8-7-17-45(49)46-30-28-42(33-50(46)53)54(40-26-23-35(24-27-40)38-22-21-34-11-3-4-13-37(34)31-38)41-15-9-14-39(32-41)44-18-10-19-47-48-29-25-36-12-5-6-16-43(36)51(48)55-52(44)47/h3-33H,1-2H3. The predicted octanol–water partition coefficient (Wildman–Crippen LogP) is 15.5. The first kappa shape index (κ1) is 32.0. The zero-order valence-electron chi connectivity index (χ0n) is 30.8. The van der Waals surface area contributed by atoms with Gasteiger partial charge in [-0.1, -0.05) is 159 Å². The van der Waals surface area contributed by atoms with Crippen molar-refractivity contribution in [2.75, 3.05) is 4.90 Å². The van der Waals surface area contributed by atoms with Gasteiger partial charge >= 0.3 is 0 Å². The molecule has 260 valence electrons. The first-order valence-corrected chi connectivity index (χ1v) is 19.9. The lowest BCUT2D eigenvalue weighted by atomic mass is 9.82. The predicted molar refractivity (Wildman–Crippen MR) is 237 cm³/mol. The highest BCUT2D eigenvalue weighted by Gasteiger charge is 2.35. The molecule has 0 atom stereocenters. The van der Waals surface area contributed by atoms with Crippen LogP contribution < -0.4 is 4.90 Å². The van der Waals surface area contributed by atoms with Gasteiger partial charge in [0, 0.05) is 42.6 Å². The molecule has 55 heavy (non-hydrogen) atoms. The Bertz CT molecular complexity index is 3130. The lowest BCUT2D eigenvalue weighted by molar-refractivity contribution is 0.660. The third-order valence-electron chi connectivity index (χ3n) is 11.8. The molecule has 0 aliphatic heterocycles. The van der Waals surface area contributed by atoms with Crippen LogP contribution in [0.1, 0.15) is 25.0 Å². The normalized spacial score (nSPS) is 13.1. The molecular formula is C53H37NS. The van der Waals surface area contributed by atoms with Gasteiger partial charge in [-0.3, -0.25) is 0 Å². The van der Waals surface area contributed by atoms with Crippen molar-refractivity contribution in [3.63, 3.8) is 0 Å². The summed E-state index contributed by atoms with van der Waals surface area (Å²) in [5.74, 6) is 0. The van der Waals surface area contributed by atoms with Gasteiger partial charge in [-0.2, -0.15) is 0 Å². The lowest BCUT2D eigenvalue weighted by Gasteiger charge is -2.28. The summed E-state index contributed by atoms with van der Waals surface area (Å²) < 4.78 is 2.68. The van der Waals surface area contributed by atoms with Crippen LogP contribution in [0.15, 0.2) is 188 Å². The van der Waals surface area contributed by atoms with E-state index in [2.05, 4.69) is 207 Å². The molecule has 0 amide bonds. The molecule has 1 nitrogen and oxygen atoms in total. The third kappa shape index (κ3) is 5.06. The van der Waals surface area contributed by atoms with Crippen molar-refractivity contribution in [3.05, 3.63) is 199 Å². The van der Waals surface area contributed by atoms with Crippen molar-refractivity contribution in [1.29, 1.82) is 0 Å². The van der Waals surface area contributed by atoms with E-state index in [1.165, 1.54) is 86.2 Å². The van der Waals surface area contributed by atoms with Crippen LogP contribution in [0.5, 0.6) is 0 Å². The summed E-state index contributed by atoms with van der Waals surface area (Å²) in [5, 5.41) is 7.76. The van der Waals surface area contributed by atoms with Gasteiger partial charge in [0.25, 0.3) is 0 Å². The van der Waals surface area contributed by atoms with Crippen LogP contribution in [-0.4, -0.2) is 0 Å². The van der Waals surface area contributed by atoms with E-state index < -0.39 is 0 Å². The van der Waals surface area contributed by atoms with Crippen molar-refractivity contribution in [1.82, 2.24) is 0 Å². The molecule has 0 unspecified atom stereocenters. The molecular weight excluding hydrogens is 683 g/mol. The summed E-state index contributed by atoms with van der Waals surface area (Å²) >= 11 is 1.91. The van der Waals surface area contributed by atoms with E-state index in [0.29, 0.717) is 0 Å². The molecule has 1 aliphatic rings. The molecule has 0 saturated carbocycles. The molecule has 1 aromatic heterocycles. The first-order chi connectivity index (χ1) is 27.0. The summed E-state index contributed by atoms with van der Waals surface area (Å²) in [4.78, 5) is 2.44.